The van der Waals surface area contributed by atoms with Crippen LogP contribution in [0.1, 0.15) is 42.4 Å². The average molecular weight is 569 g/mol. The molecule has 212 valence electrons. The summed E-state index contributed by atoms with van der Waals surface area (Å²) < 4.78 is 58.8. The summed E-state index contributed by atoms with van der Waals surface area (Å²) in [6, 6.07) is 20.7. The van der Waals surface area contributed by atoms with E-state index in [1.807, 2.05) is 30.3 Å². The van der Waals surface area contributed by atoms with Crippen molar-refractivity contribution in [2.45, 2.75) is 32.9 Å². The van der Waals surface area contributed by atoms with E-state index < -0.39 is 17.5 Å². The molecule has 1 fully saturated rings. The van der Waals surface area contributed by atoms with Crippen molar-refractivity contribution in [2.75, 3.05) is 13.2 Å². The number of benzene rings is 3. The summed E-state index contributed by atoms with van der Waals surface area (Å²) in [4.78, 5) is 9.10. The van der Waals surface area contributed by atoms with Gasteiger partial charge in [-0.05, 0) is 48.0 Å². The predicted molar refractivity (Wildman–Crippen MR) is 151 cm³/mol. The number of halogens is 3. The van der Waals surface area contributed by atoms with E-state index in [9.17, 15) is 4.39 Å². The van der Waals surface area contributed by atoms with E-state index in [-0.39, 0.29) is 58.3 Å². The molecule has 0 amide bonds. The van der Waals surface area contributed by atoms with Crippen molar-refractivity contribution >= 4 is 11.0 Å². The Labute approximate surface area is 241 Å². The van der Waals surface area contributed by atoms with Crippen LogP contribution in [0.15, 0.2) is 72.8 Å². The monoisotopic (exact) mass is 568 g/mol. The number of hydrogen-bond donors (Lipinski definition) is 0. The van der Waals surface area contributed by atoms with Crippen molar-refractivity contribution in [1.82, 2.24) is 14.5 Å². The van der Waals surface area contributed by atoms with Gasteiger partial charge in [-0.2, -0.15) is 5.26 Å². The van der Waals surface area contributed by atoms with Crippen molar-refractivity contribution in [3.05, 3.63) is 113 Å². The fourth-order valence-electron chi connectivity index (χ4n) is 5.37. The average Bonchev–Trinajstić information content (AvgIpc) is 3.51. The molecule has 9 heteroatoms. The van der Waals surface area contributed by atoms with Gasteiger partial charge in [0.15, 0.2) is 0 Å². The molecule has 0 spiro atoms. The summed E-state index contributed by atoms with van der Waals surface area (Å²) in [5, 5.41) is 8.91. The lowest BCUT2D eigenvalue weighted by Gasteiger charge is -2.28. The normalized spacial score (nSPS) is 16.0. The summed E-state index contributed by atoms with van der Waals surface area (Å²) in [5.41, 5.74) is 2.32. The Morgan fingerprint density at radius 3 is 2.52 bits per heavy atom. The molecule has 1 aliphatic rings. The van der Waals surface area contributed by atoms with E-state index in [1.54, 1.807) is 18.2 Å². The SMILES string of the molecule is CC1(C)COC[C@H]1n1c(Cc2cc(F)c(-c3cccc(OCc4ccc(C#N)cc4F)n3)cc2F)nc2ccccc21. The van der Waals surface area contributed by atoms with Gasteiger partial charge >= 0.3 is 0 Å². The maximum Gasteiger partial charge on any atom is 0.214 e. The molecule has 5 aromatic rings. The van der Waals surface area contributed by atoms with Crippen LogP contribution < -0.4 is 4.74 Å². The summed E-state index contributed by atoms with van der Waals surface area (Å²) in [6.45, 7) is 5.22. The van der Waals surface area contributed by atoms with Crippen LogP contribution in [0.4, 0.5) is 13.2 Å². The molecule has 42 heavy (non-hydrogen) atoms. The standard InChI is InChI=1S/C33H27F3N4O2/c1-33(2)19-41-18-30(33)40-29-8-4-3-6-28(29)38-31(40)14-22-13-26(36)23(15-25(22)35)27-7-5-9-32(39-27)42-17-21-11-10-20(16-37)12-24(21)34/h3-13,15,30H,14,17-19H2,1-2H3/t30-/m1/s1. The fraction of sp³-hybridized carbons (Fsp3) is 0.242. The Bertz CT molecular complexity index is 1840. The summed E-state index contributed by atoms with van der Waals surface area (Å²) in [6.07, 6.45) is 0.0943. The van der Waals surface area contributed by atoms with E-state index in [1.165, 1.54) is 18.2 Å². The van der Waals surface area contributed by atoms with Crippen LogP contribution >= 0.6 is 0 Å². The van der Waals surface area contributed by atoms with E-state index in [2.05, 4.69) is 23.4 Å². The van der Waals surface area contributed by atoms with Crippen molar-refractivity contribution in [1.29, 1.82) is 5.26 Å². The first-order valence-electron chi connectivity index (χ1n) is 13.5. The fourth-order valence-corrected chi connectivity index (χ4v) is 5.37. The Morgan fingerprint density at radius 1 is 0.952 bits per heavy atom. The molecule has 6 rings (SSSR count). The van der Waals surface area contributed by atoms with Gasteiger partial charge in [-0.3, -0.25) is 0 Å². The van der Waals surface area contributed by atoms with Crippen LogP contribution in [0, 0.1) is 34.2 Å². The summed E-state index contributed by atoms with van der Waals surface area (Å²) >= 11 is 0. The van der Waals surface area contributed by atoms with Gasteiger partial charge in [0.2, 0.25) is 5.88 Å². The highest BCUT2D eigenvalue weighted by atomic mass is 19.1. The van der Waals surface area contributed by atoms with E-state index in [4.69, 9.17) is 19.7 Å². The molecule has 3 aromatic carbocycles. The molecule has 2 aromatic heterocycles. The van der Waals surface area contributed by atoms with Crippen LogP contribution in [-0.2, 0) is 17.8 Å². The third kappa shape index (κ3) is 5.21. The molecular weight excluding hydrogens is 541 g/mol. The lowest BCUT2D eigenvalue weighted by Crippen LogP contribution is -2.27. The first-order chi connectivity index (χ1) is 20.2. The van der Waals surface area contributed by atoms with Gasteiger partial charge in [0.25, 0.3) is 0 Å². The highest BCUT2D eigenvalue weighted by Crippen LogP contribution is 2.40. The number of imidazole rings is 1. The molecule has 1 aliphatic heterocycles. The smallest absolute Gasteiger partial charge is 0.214 e. The maximum atomic E-state index is 15.5. The van der Waals surface area contributed by atoms with Gasteiger partial charge in [-0.1, -0.05) is 38.1 Å². The van der Waals surface area contributed by atoms with E-state index in [0.29, 0.717) is 19.0 Å². The molecule has 6 nitrogen and oxygen atoms in total. The Hall–Kier alpha value is -4.68. The van der Waals surface area contributed by atoms with Crippen molar-refractivity contribution in [3.8, 4) is 23.2 Å². The predicted octanol–water partition coefficient (Wildman–Crippen LogP) is 7.15. The Balaban J connectivity index is 1.27. The number of aromatic nitrogens is 3. The zero-order chi connectivity index (χ0) is 29.4. The lowest BCUT2D eigenvalue weighted by atomic mass is 9.87. The Morgan fingerprint density at radius 2 is 1.76 bits per heavy atom. The van der Waals surface area contributed by atoms with Gasteiger partial charge in [0, 0.05) is 29.0 Å². The second kappa shape index (κ2) is 11.0. The van der Waals surface area contributed by atoms with Gasteiger partial charge in [0.1, 0.15) is 29.9 Å². The molecule has 1 saturated heterocycles. The van der Waals surface area contributed by atoms with Gasteiger partial charge < -0.3 is 14.0 Å². The molecule has 0 radical (unpaired) electrons. The van der Waals surface area contributed by atoms with Crippen LogP contribution in [0.3, 0.4) is 0 Å². The van der Waals surface area contributed by atoms with E-state index in [0.717, 1.165) is 23.2 Å². The second-order valence-corrected chi connectivity index (χ2v) is 11.1. The largest absolute Gasteiger partial charge is 0.473 e. The summed E-state index contributed by atoms with van der Waals surface area (Å²) in [5.74, 6) is -1.04. The Kier molecular flexibility index (Phi) is 7.17. The van der Waals surface area contributed by atoms with Gasteiger partial charge in [0.05, 0.1) is 47.6 Å². The first kappa shape index (κ1) is 27.5. The van der Waals surface area contributed by atoms with Crippen LogP contribution in [-0.4, -0.2) is 27.7 Å². The van der Waals surface area contributed by atoms with E-state index >= 15 is 8.78 Å². The highest BCUT2D eigenvalue weighted by molar-refractivity contribution is 5.76. The number of fused-ring (bicyclic) bond motifs is 1. The molecule has 1 atom stereocenters. The topological polar surface area (TPSA) is 73.0 Å². The minimum absolute atomic E-state index is 0.00298. The number of pyridine rings is 1. The third-order valence-corrected chi connectivity index (χ3v) is 7.67. The van der Waals surface area contributed by atoms with Crippen molar-refractivity contribution < 1.29 is 22.6 Å². The molecule has 0 unspecified atom stereocenters. The van der Waals surface area contributed by atoms with Gasteiger partial charge in [-0.25, -0.2) is 23.1 Å². The number of para-hydroxylation sites is 2. The zero-order valence-electron chi connectivity index (χ0n) is 23.1. The quantitative estimate of drug-likeness (QED) is 0.208. The number of ether oxygens (including phenoxy) is 2. The minimum atomic E-state index is -0.638. The highest BCUT2D eigenvalue weighted by Gasteiger charge is 2.39. The summed E-state index contributed by atoms with van der Waals surface area (Å²) in [7, 11) is 0. The van der Waals surface area contributed by atoms with Crippen molar-refractivity contribution in [3.63, 3.8) is 0 Å². The molecule has 0 bridgehead atoms. The van der Waals surface area contributed by atoms with Crippen LogP contribution in [0.5, 0.6) is 5.88 Å². The second-order valence-electron chi connectivity index (χ2n) is 11.1. The minimum Gasteiger partial charge on any atom is -0.473 e. The molecule has 0 N–H and O–H groups in total. The number of nitrogens with zero attached hydrogens (tertiary/aromatic N) is 4. The van der Waals surface area contributed by atoms with Crippen LogP contribution in [0.25, 0.3) is 22.3 Å². The third-order valence-electron chi connectivity index (χ3n) is 7.67. The number of hydrogen-bond acceptors (Lipinski definition) is 5. The van der Waals surface area contributed by atoms with Gasteiger partial charge in [-0.15, -0.1) is 0 Å². The molecule has 0 saturated carbocycles. The van der Waals surface area contributed by atoms with Crippen LogP contribution in [0.2, 0.25) is 0 Å². The zero-order valence-corrected chi connectivity index (χ0v) is 23.1. The first-order valence-corrected chi connectivity index (χ1v) is 13.5. The molecular formula is C33H27F3N4O2. The maximum absolute atomic E-state index is 15.5. The molecule has 3 heterocycles. The molecule has 0 aliphatic carbocycles. The van der Waals surface area contributed by atoms with Crippen molar-refractivity contribution in [2.24, 2.45) is 5.41 Å². The lowest BCUT2D eigenvalue weighted by molar-refractivity contribution is 0.166. The number of nitriles is 1. The number of rotatable bonds is 7.